The van der Waals surface area contributed by atoms with Crippen molar-refractivity contribution in [1.29, 1.82) is 0 Å². The molecule has 0 N–H and O–H groups in total. The van der Waals surface area contributed by atoms with Crippen LogP contribution in [0.15, 0.2) is 84.9 Å². The molecule has 162 valence electrons. The maximum Gasteiger partial charge on any atom is 0.247 e. The Balaban J connectivity index is 1.73. The first-order valence-corrected chi connectivity index (χ1v) is 10.6. The Labute approximate surface area is 187 Å². The molecule has 3 aromatic rings. The first-order chi connectivity index (χ1) is 15.5. The van der Waals surface area contributed by atoms with Crippen LogP contribution < -0.4 is 14.7 Å². The largest absolute Gasteiger partial charge is 0.308 e. The summed E-state index contributed by atoms with van der Waals surface area (Å²) in [7, 11) is 0. The van der Waals surface area contributed by atoms with Gasteiger partial charge in [0.15, 0.2) is 0 Å². The van der Waals surface area contributed by atoms with Crippen molar-refractivity contribution in [2.45, 2.75) is 26.3 Å². The van der Waals surface area contributed by atoms with Gasteiger partial charge >= 0.3 is 0 Å². The highest BCUT2D eigenvalue weighted by Gasteiger charge is 2.34. The molecular weight excluding hydrogens is 402 g/mol. The Morgan fingerprint density at radius 1 is 0.812 bits per heavy atom. The van der Waals surface area contributed by atoms with Crippen LogP contribution in [0.4, 0.5) is 22.7 Å². The van der Waals surface area contributed by atoms with E-state index in [1.54, 1.807) is 28.0 Å². The number of nitrogens with zero attached hydrogens (tertiary/aromatic N) is 3. The van der Waals surface area contributed by atoms with Gasteiger partial charge in [0.05, 0.1) is 11.4 Å². The summed E-state index contributed by atoms with van der Waals surface area (Å²) in [6.45, 7) is 3.71. The van der Waals surface area contributed by atoms with E-state index in [-0.39, 0.29) is 30.8 Å². The molecule has 3 amide bonds. The third kappa shape index (κ3) is 4.12. The zero-order chi connectivity index (χ0) is 22.7. The Morgan fingerprint density at radius 2 is 1.38 bits per heavy atom. The summed E-state index contributed by atoms with van der Waals surface area (Å²) in [6, 6.07) is 25.7. The third-order valence-corrected chi connectivity index (χ3v) is 5.39. The first kappa shape index (κ1) is 21.3. The molecule has 0 radical (unpaired) electrons. The molecule has 32 heavy (non-hydrogen) atoms. The summed E-state index contributed by atoms with van der Waals surface area (Å²) in [4.78, 5) is 44.2. The predicted molar refractivity (Wildman–Crippen MR) is 126 cm³/mol. The highest BCUT2D eigenvalue weighted by atomic mass is 16.2. The standard InChI is InChI=1S/C26H25N3O3/c1-19(2)28(20-11-5-3-6-12-20)26(32)18-27-22-15-9-10-16-23(22)29(25(31)17-24(27)30)21-13-7-4-8-14-21/h3-16,19H,17-18H2,1-2H3. The van der Waals surface area contributed by atoms with Crippen molar-refractivity contribution in [3.8, 4) is 0 Å². The van der Waals surface area contributed by atoms with E-state index in [0.717, 1.165) is 5.69 Å². The Kier molecular flexibility index (Phi) is 6.03. The zero-order valence-electron chi connectivity index (χ0n) is 18.1. The normalized spacial score (nSPS) is 13.7. The molecule has 3 aromatic carbocycles. The molecule has 6 nitrogen and oxygen atoms in total. The lowest BCUT2D eigenvalue weighted by Gasteiger charge is -2.30. The number of anilines is 4. The topological polar surface area (TPSA) is 60.9 Å². The molecule has 6 heteroatoms. The molecule has 1 aliphatic rings. The van der Waals surface area contributed by atoms with E-state index in [1.165, 1.54) is 4.90 Å². The molecule has 0 aromatic heterocycles. The molecule has 0 spiro atoms. The van der Waals surface area contributed by atoms with Crippen LogP contribution in [0.25, 0.3) is 0 Å². The van der Waals surface area contributed by atoms with Gasteiger partial charge in [-0.15, -0.1) is 0 Å². The molecule has 1 aliphatic heterocycles. The zero-order valence-corrected chi connectivity index (χ0v) is 18.1. The van der Waals surface area contributed by atoms with Gasteiger partial charge in [0.1, 0.15) is 13.0 Å². The van der Waals surface area contributed by atoms with Gasteiger partial charge < -0.3 is 9.80 Å². The lowest BCUT2D eigenvalue weighted by Crippen LogP contribution is -2.46. The number of para-hydroxylation sites is 4. The SMILES string of the molecule is CC(C)N(C(=O)CN1C(=O)CC(=O)N(c2ccccc2)c2ccccc21)c1ccccc1. The minimum Gasteiger partial charge on any atom is -0.308 e. The molecule has 0 saturated carbocycles. The highest BCUT2D eigenvalue weighted by Crippen LogP contribution is 2.37. The number of fused-ring (bicyclic) bond motifs is 1. The monoisotopic (exact) mass is 427 g/mol. The van der Waals surface area contributed by atoms with Gasteiger partial charge in [0.2, 0.25) is 17.7 Å². The number of hydrogen-bond donors (Lipinski definition) is 0. The third-order valence-electron chi connectivity index (χ3n) is 5.39. The minimum atomic E-state index is -0.397. The van der Waals surface area contributed by atoms with Gasteiger partial charge in [-0.1, -0.05) is 48.5 Å². The van der Waals surface area contributed by atoms with Crippen molar-refractivity contribution >= 4 is 40.5 Å². The van der Waals surface area contributed by atoms with E-state index >= 15 is 0 Å². The summed E-state index contributed by atoms with van der Waals surface area (Å²) in [5.74, 6) is -0.937. The summed E-state index contributed by atoms with van der Waals surface area (Å²) in [5.41, 5.74) is 2.57. The van der Waals surface area contributed by atoms with E-state index in [9.17, 15) is 14.4 Å². The minimum absolute atomic E-state index is 0.0929. The Hall–Kier alpha value is -3.93. The van der Waals surface area contributed by atoms with Gasteiger partial charge in [-0.25, -0.2) is 0 Å². The predicted octanol–water partition coefficient (Wildman–Crippen LogP) is 4.53. The van der Waals surface area contributed by atoms with Crippen molar-refractivity contribution < 1.29 is 14.4 Å². The summed E-state index contributed by atoms with van der Waals surface area (Å²) < 4.78 is 0. The lowest BCUT2D eigenvalue weighted by atomic mass is 10.2. The smallest absolute Gasteiger partial charge is 0.247 e. The fourth-order valence-corrected chi connectivity index (χ4v) is 4.02. The van der Waals surface area contributed by atoms with Crippen LogP contribution in [-0.2, 0) is 14.4 Å². The quantitative estimate of drug-likeness (QED) is 0.562. The second kappa shape index (κ2) is 9.06. The average molecular weight is 428 g/mol. The van der Waals surface area contributed by atoms with Crippen LogP contribution in [0, 0.1) is 0 Å². The molecule has 0 bridgehead atoms. The highest BCUT2D eigenvalue weighted by molar-refractivity contribution is 6.19. The summed E-state index contributed by atoms with van der Waals surface area (Å²) in [6.07, 6.45) is -0.316. The number of carbonyl (C=O) groups is 3. The van der Waals surface area contributed by atoms with Crippen molar-refractivity contribution in [3.05, 3.63) is 84.9 Å². The maximum atomic E-state index is 13.4. The van der Waals surface area contributed by atoms with E-state index in [1.807, 2.05) is 80.6 Å². The van der Waals surface area contributed by atoms with Crippen molar-refractivity contribution in [2.75, 3.05) is 21.2 Å². The number of rotatable bonds is 5. The van der Waals surface area contributed by atoms with Gasteiger partial charge in [-0.3, -0.25) is 19.3 Å². The van der Waals surface area contributed by atoms with Gasteiger partial charge in [-0.2, -0.15) is 0 Å². The second-order valence-electron chi connectivity index (χ2n) is 7.90. The summed E-state index contributed by atoms with van der Waals surface area (Å²) >= 11 is 0. The molecule has 4 rings (SSSR count). The van der Waals surface area contributed by atoms with Crippen molar-refractivity contribution in [2.24, 2.45) is 0 Å². The molecule has 0 unspecified atom stereocenters. The van der Waals surface area contributed by atoms with Crippen molar-refractivity contribution in [1.82, 2.24) is 0 Å². The average Bonchev–Trinajstić information content (AvgIpc) is 2.89. The molecule has 0 aliphatic carbocycles. The van der Waals surface area contributed by atoms with E-state index in [0.29, 0.717) is 17.1 Å². The first-order valence-electron chi connectivity index (χ1n) is 10.6. The van der Waals surface area contributed by atoms with Crippen LogP contribution in [0.1, 0.15) is 20.3 Å². The number of hydrogen-bond acceptors (Lipinski definition) is 3. The van der Waals surface area contributed by atoms with Crippen LogP contribution in [0.5, 0.6) is 0 Å². The second-order valence-corrected chi connectivity index (χ2v) is 7.90. The van der Waals surface area contributed by atoms with Crippen molar-refractivity contribution in [3.63, 3.8) is 0 Å². The van der Waals surface area contributed by atoms with Crippen LogP contribution >= 0.6 is 0 Å². The maximum absolute atomic E-state index is 13.4. The van der Waals surface area contributed by atoms with Gasteiger partial charge in [0, 0.05) is 17.4 Å². The molecular formula is C26H25N3O3. The fraction of sp³-hybridized carbons (Fsp3) is 0.192. The van der Waals surface area contributed by atoms with Crippen LogP contribution in [0.3, 0.4) is 0 Å². The number of carbonyl (C=O) groups excluding carboxylic acids is 3. The number of benzene rings is 3. The molecule has 1 heterocycles. The van der Waals surface area contributed by atoms with Gasteiger partial charge in [-0.05, 0) is 50.2 Å². The van der Waals surface area contributed by atoms with E-state index in [2.05, 4.69) is 0 Å². The van der Waals surface area contributed by atoms with Crippen LogP contribution in [-0.4, -0.2) is 30.3 Å². The van der Waals surface area contributed by atoms with Crippen LogP contribution in [0.2, 0.25) is 0 Å². The Bertz CT molecular complexity index is 1130. The Morgan fingerprint density at radius 3 is 2.00 bits per heavy atom. The molecule has 0 atom stereocenters. The fourth-order valence-electron chi connectivity index (χ4n) is 4.02. The number of amides is 3. The molecule has 0 saturated heterocycles. The van der Waals surface area contributed by atoms with E-state index < -0.39 is 5.91 Å². The lowest BCUT2D eigenvalue weighted by molar-refractivity contribution is -0.127. The van der Waals surface area contributed by atoms with E-state index in [4.69, 9.17) is 0 Å². The molecule has 0 fully saturated rings. The summed E-state index contributed by atoms with van der Waals surface area (Å²) in [5, 5.41) is 0. The van der Waals surface area contributed by atoms with Gasteiger partial charge in [0.25, 0.3) is 0 Å².